The van der Waals surface area contributed by atoms with Crippen molar-refractivity contribution in [1.82, 2.24) is 0 Å². The topological polar surface area (TPSA) is 83.5 Å². The quantitative estimate of drug-likeness (QED) is 0.904. The molecule has 0 aromatic heterocycles. The third-order valence-electron chi connectivity index (χ3n) is 2.76. The van der Waals surface area contributed by atoms with Crippen LogP contribution in [0, 0.1) is 6.92 Å². The van der Waals surface area contributed by atoms with Crippen molar-refractivity contribution in [2.24, 2.45) is 0 Å². The number of anilines is 1. The van der Waals surface area contributed by atoms with Gasteiger partial charge < -0.3 is 5.11 Å². The van der Waals surface area contributed by atoms with Crippen LogP contribution in [0.3, 0.4) is 0 Å². The average molecular weight is 326 g/mol. The Balaban J connectivity index is 2.30. The molecular formula is C14H12ClNO4S. The van der Waals surface area contributed by atoms with E-state index in [-0.39, 0.29) is 21.2 Å². The molecule has 2 aromatic rings. The molecule has 0 atom stereocenters. The van der Waals surface area contributed by atoms with Gasteiger partial charge in [0, 0.05) is 5.69 Å². The van der Waals surface area contributed by atoms with Crippen molar-refractivity contribution in [3.05, 3.63) is 58.6 Å². The monoisotopic (exact) mass is 325 g/mol. The van der Waals surface area contributed by atoms with Crippen LogP contribution in [-0.2, 0) is 10.0 Å². The smallest absolute Gasteiger partial charge is 0.335 e. The molecular weight excluding hydrogens is 314 g/mol. The summed E-state index contributed by atoms with van der Waals surface area (Å²) < 4.78 is 26.8. The number of aryl methyl sites for hydroxylation is 1. The number of halogens is 1. The summed E-state index contributed by atoms with van der Waals surface area (Å²) in [4.78, 5) is 10.7. The van der Waals surface area contributed by atoms with Crippen LogP contribution < -0.4 is 4.72 Å². The molecule has 0 radical (unpaired) electrons. The molecule has 2 aromatic carbocycles. The standard InChI is InChI=1S/C14H12ClNO4S/c1-9-2-7-13(12(15)8-9)21(19,20)16-11-5-3-10(4-6-11)14(17)18/h2-8,16H,1H3,(H,17,18). The lowest BCUT2D eigenvalue weighted by atomic mass is 10.2. The van der Waals surface area contributed by atoms with Crippen LogP contribution >= 0.6 is 11.6 Å². The zero-order chi connectivity index (χ0) is 15.6. The summed E-state index contributed by atoms with van der Waals surface area (Å²) in [6.45, 7) is 1.81. The Morgan fingerprint density at radius 3 is 2.29 bits per heavy atom. The number of carbonyl (C=O) groups is 1. The fraction of sp³-hybridized carbons (Fsp3) is 0.0714. The van der Waals surface area contributed by atoms with Crippen molar-refractivity contribution in [3.63, 3.8) is 0 Å². The van der Waals surface area contributed by atoms with E-state index in [1.165, 1.54) is 30.3 Å². The lowest BCUT2D eigenvalue weighted by molar-refractivity contribution is 0.0697. The molecule has 0 saturated carbocycles. The summed E-state index contributed by atoms with van der Waals surface area (Å²) in [5.74, 6) is -1.08. The molecule has 0 aliphatic heterocycles. The van der Waals surface area contributed by atoms with Gasteiger partial charge in [-0.05, 0) is 48.9 Å². The highest BCUT2D eigenvalue weighted by molar-refractivity contribution is 7.92. The van der Waals surface area contributed by atoms with Gasteiger partial charge in [0.05, 0.1) is 10.6 Å². The van der Waals surface area contributed by atoms with Crippen molar-refractivity contribution < 1.29 is 18.3 Å². The summed E-state index contributed by atoms with van der Waals surface area (Å²) in [5.41, 5.74) is 1.19. The molecule has 2 rings (SSSR count). The normalized spacial score (nSPS) is 11.1. The second-order valence-electron chi connectivity index (χ2n) is 4.42. The number of aromatic carboxylic acids is 1. The van der Waals surface area contributed by atoms with Crippen LogP contribution in [0.5, 0.6) is 0 Å². The summed E-state index contributed by atoms with van der Waals surface area (Å²) >= 11 is 5.95. The molecule has 0 heterocycles. The predicted octanol–water partition coefficient (Wildman–Crippen LogP) is 3.15. The molecule has 0 bridgehead atoms. The predicted molar refractivity (Wildman–Crippen MR) is 80.4 cm³/mol. The lowest BCUT2D eigenvalue weighted by Gasteiger charge is -2.10. The van der Waals surface area contributed by atoms with Gasteiger partial charge in [0.25, 0.3) is 10.0 Å². The van der Waals surface area contributed by atoms with Crippen LogP contribution in [0.2, 0.25) is 5.02 Å². The van der Waals surface area contributed by atoms with Crippen molar-refractivity contribution in [3.8, 4) is 0 Å². The number of nitrogens with one attached hydrogen (secondary N) is 1. The number of hydrogen-bond acceptors (Lipinski definition) is 3. The fourth-order valence-corrected chi connectivity index (χ4v) is 3.37. The van der Waals surface area contributed by atoms with Crippen LogP contribution in [-0.4, -0.2) is 19.5 Å². The SMILES string of the molecule is Cc1ccc(S(=O)(=O)Nc2ccc(C(=O)O)cc2)c(Cl)c1. The molecule has 0 unspecified atom stereocenters. The molecule has 0 aliphatic carbocycles. The Kier molecular flexibility index (Phi) is 4.20. The maximum atomic E-state index is 12.2. The zero-order valence-electron chi connectivity index (χ0n) is 11.0. The van der Waals surface area contributed by atoms with Crippen LogP contribution in [0.25, 0.3) is 0 Å². The second kappa shape index (κ2) is 5.75. The molecule has 2 N–H and O–H groups in total. The van der Waals surface area contributed by atoms with E-state index < -0.39 is 16.0 Å². The first-order chi connectivity index (χ1) is 9.79. The number of hydrogen-bond donors (Lipinski definition) is 2. The van der Waals surface area contributed by atoms with Crippen LogP contribution in [0.15, 0.2) is 47.4 Å². The van der Waals surface area contributed by atoms with Crippen molar-refractivity contribution in [2.75, 3.05) is 4.72 Å². The van der Waals surface area contributed by atoms with Crippen molar-refractivity contribution in [1.29, 1.82) is 0 Å². The van der Waals surface area contributed by atoms with Crippen molar-refractivity contribution >= 4 is 33.3 Å². The molecule has 110 valence electrons. The highest BCUT2D eigenvalue weighted by atomic mass is 35.5. The summed E-state index contributed by atoms with van der Waals surface area (Å²) in [6, 6.07) is 10.0. The van der Waals surface area contributed by atoms with E-state index in [0.29, 0.717) is 0 Å². The largest absolute Gasteiger partial charge is 0.478 e. The van der Waals surface area contributed by atoms with E-state index in [9.17, 15) is 13.2 Å². The lowest BCUT2D eigenvalue weighted by Crippen LogP contribution is -2.13. The molecule has 0 fully saturated rings. The molecule has 21 heavy (non-hydrogen) atoms. The molecule has 0 amide bonds. The minimum absolute atomic E-state index is 0.0305. The van der Waals surface area contributed by atoms with Gasteiger partial charge in [-0.1, -0.05) is 17.7 Å². The van der Waals surface area contributed by atoms with Gasteiger partial charge in [-0.15, -0.1) is 0 Å². The van der Waals surface area contributed by atoms with Gasteiger partial charge in [0.1, 0.15) is 4.90 Å². The highest BCUT2D eigenvalue weighted by Gasteiger charge is 2.18. The highest BCUT2D eigenvalue weighted by Crippen LogP contribution is 2.24. The minimum Gasteiger partial charge on any atom is -0.478 e. The third-order valence-corrected chi connectivity index (χ3v) is 4.63. The van der Waals surface area contributed by atoms with E-state index in [0.717, 1.165) is 5.56 Å². The number of carboxylic acid groups (broad SMARTS) is 1. The Hall–Kier alpha value is -2.05. The summed E-state index contributed by atoms with van der Waals surface area (Å²) in [6.07, 6.45) is 0. The average Bonchev–Trinajstić information content (AvgIpc) is 2.38. The second-order valence-corrected chi connectivity index (χ2v) is 6.48. The van der Waals surface area contributed by atoms with Crippen LogP contribution in [0.1, 0.15) is 15.9 Å². The van der Waals surface area contributed by atoms with E-state index in [1.54, 1.807) is 19.1 Å². The molecule has 0 aliphatic rings. The Labute approximate surface area is 127 Å². The zero-order valence-corrected chi connectivity index (χ0v) is 12.6. The first-order valence-corrected chi connectivity index (χ1v) is 7.78. The van der Waals surface area contributed by atoms with Gasteiger partial charge in [-0.3, -0.25) is 4.72 Å². The Bertz CT molecular complexity index is 785. The van der Waals surface area contributed by atoms with E-state index in [1.807, 2.05) is 0 Å². The third kappa shape index (κ3) is 3.53. The van der Waals surface area contributed by atoms with Gasteiger partial charge in [0.2, 0.25) is 0 Å². The molecule has 7 heteroatoms. The van der Waals surface area contributed by atoms with Gasteiger partial charge in [-0.2, -0.15) is 0 Å². The first kappa shape index (κ1) is 15.3. The Morgan fingerprint density at radius 1 is 1.14 bits per heavy atom. The summed E-state index contributed by atoms with van der Waals surface area (Å²) in [7, 11) is -3.82. The number of benzene rings is 2. The number of sulfonamides is 1. The summed E-state index contributed by atoms with van der Waals surface area (Å²) in [5, 5.41) is 8.92. The minimum atomic E-state index is -3.82. The van der Waals surface area contributed by atoms with E-state index >= 15 is 0 Å². The first-order valence-electron chi connectivity index (χ1n) is 5.92. The van der Waals surface area contributed by atoms with E-state index in [2.05, 4.69) is 4.72 Å². The van der Waals surface area contributed by atoms with Crippen molar-refractivity contribution in [2.45, 2.75) is 11.8 Å². The maximum Gasteiger partial charge on any atom is 0.335 e. The number of rotatable bonds is 4. The van der Waals surface area contributed by atoms with Gasteiger partial charge in [-0.25, -0.2) is 13.2 Å². The molecule has 5 nitrogen and oxygen atoms in total. The Morgan fingerprint density at radius 2 is 1.76 bits per heavy atom. The number of carboxylic acids is 1. The maximum absolute atomic E-state index is 12.2. The van der Waals surface area contributed by atoms with Crippen LogP contribution in [0.4, 0.5) is 5.69 Å². The molecule has 0 spiro atoms. The van der Waals surface area contributed by atoms with E-state index in [4.69, 9.17) is 16.7 Å². The fourth-order valence-electron chi connectivity index (χ4n) is 1.71. The van der Waals surface area contributed by atoms with Gasteiger partial charge in [0.15, 0.2) is 0 Å². The van der Waals surface area contributed by atoms with Gasteiger partial charge >= 0.3 is 5.97 Å². The molecule has 0 saturated heterocycles.